The van der Waals surface area contributed by atoms with Gasteiger partial charge in [0.15, 0.2) is 5.76 Å². The number of thioether (sulfide) groups is 1. The van der Waals surface area contributed by atoms with E-state index in [9.17, 15) is 13.2 Å². The van der Waals surface area contributed by atoms with Crippen LogP contribution >= 0.6 is 11.8 Å². The van der Waals surface area contributed by atoms with Gasteiger partial charge in [0.25, 0.3) is 11.1 Å². The molecule has 0 bridgehead atoms. The van der Waals surface area contributed by atoms with Crippen molar-refractivity contribution in [3.8, 4) is 23.0 Å². The van der Waals surface area contributed by atoms with E-state index in [2.05, 4.69) is 20.3 Å². The molecule has 0 amide bonds. The second-order valence-corrected chi connectivity index (χ2v) is 6.16. The van der Waals surface area contributed by atoms with Crippen molar-refractivity contribution in [2.45, 2.75) is 17.2 Å². The van der Waals surface area contributed by atoms with E-state index in [4.69, 9.17) is 13.4 Å². The maximum absolute atomic E-state index is 12.8. The van der Waals surface area contributed by atoms with E-state index in [-0.39, 0.29) is 34.1 Å². The Balaban J connectivity index is 1.44. The summed E-state index contributed by atoms with van der Waals surface area (Å²) >= 11 is 1.15. The van der Waals surface area contributed by atoms with Crippen molar-refractivity contribution >= 4 is 11.8 Å². The summed E-state index contributed by atoms with van der Waals surface area (Å²) in [5.74, 6) is 1.17. The van der Waals surface area contributed by atoms with E-state index >= 15 is 0 Å². The molecule has 4 aromatic rings. The number of benzene rings is 1. The molecule has 1 aromatic carbocycles. The number of nitrogens with zero attached hydrogens (tertiary/aromatic N) is 4. The van der Waals surface area contributed by atoms with Crippen LogP contribution in [0.2, 0.25) is 0 Å². The number of aromatic nitrogens is 4. The van der Waals surface area contributed by atoms with Gasteiger partial charge >= 0.3 is 6.18 Å². The molecule has 0 atom stereocenters. The van der Waals surface area contributed by atoms with Crippen molar-refractivity contribution in [3.05, 3.63) is 54.1 Å². The van der Waals surface area contributed by atoms with Gasteiger partial charge in [-0.2, -0.15) is 18.2 Å². The van der Waals surface area contributed by atoms with Crippen LogP contribution in [0.25, 0.3) is 23.0 Å². The first kappa shape index (κ1) is 17.3. The van der Waals surface area contributed by atoms with E-state index in [1.54, 1.807) is 12.1 Å². The minimum atomic E-state index is -4.44. The summed E-state index contributed by atoms with van der Waals surface area (Å²) in [6, 6.07) is 8.09. The summed E-state index contributed by atoms with van der Waals surface area (Å²) in [6.45, 7) is 0. The molecular weight excluding hydrogens is 385 g/mol. The zero-order valence-corrected chi connectivity index (χ0v) is 14.1. The molecule has 27 heavy (non-hydrogen) atoms. The van der Waals surface area contributed by atoms with Crippen molar-refractivity contribution in [2.75, 3.05) is 0 Å². The Morgan fingerprint density at radius 1 is 1.07 bits per heavy atom. The van der Waals surface area contributed by atoms with Gasteiger partial charge in [0.2, 0.25) is 11.7 Å². The van der Waals surface area contributed by atoms with Crippen molar-refractivity contribution in [1.29, 1.82) is 0 Å². The van der Waals surface area contributed by atoms with Gasteiger partial charge in [0.05, 0.1) is 17.6 Å². The molecule has 0 spiro atoms. The summed E-state index contributed by atoms with van der Waals surface area (Å²) in [6.07, 6.45) is -2.96. The molecule has 3 heterocycles. The standard InChI is InChI=1S/C16H9F3N4O3S/c17-16(18,19)10-4-1-3-9(7-10)13-20-12(26-23-13)8-27-15-22-21-14(25-15)11-5-2-6-24-11/h1-7H,8H2. The Morgan fingerprint density at radius 3 is 2.74 bits per heavy atom. The van der Waals surface area contributed by atoms with Gasteiger partial charge in [-0.3, -0.25) is 0 Å². The lowest BCUT2D eigenvalue weighted by Gasteiger charge is -2.06. The minimum absolute atomic E-state index is 0.0681. The average molecular weight is 394 g/mol. The van der Waals surface area contributed by atoms with Crippen LogP contribution in [-0.4, -0.2) is 20.3 Å². The Labute approximate surface area is 153 Å². The third kappa shape index (κ3) is 3.87. The zero-order valence-electron chi connectivity index (χ0n) is 13.3. The summed E-state index contributed by atoms with van der Waals surface area (Å²) in [5.41, 5.74) is -0.570. The highest BCUT2D eigenvalue weighted by Gasteiger charge is 2.30. The summed E-state index contributed by atoms with van der Waals surface area (Å²) in [4.78, 5) is 4.10. The Kier molecular flexibility index (Phi) is 4.44. The number of halogens is 3. The topological polar surface area (TPSA) is 91.0 Å². The lowest BCUT2D eigenvalue weighted by molar-refractivity contribution is -0.137. The van der Waals surface area contributed by atoms with E-state index in [1.165, 1.54) is 18.4 Å². The minimum Gasteiger partial charge on any atom is -0.459 e. The Morgan fingerprint density at radius 2 is 1.96 bits per heavy atom. The third-order valence-electron chi connectivity index (χ3n) is 3.37. The molecule has 0 aliphatic heterocycles. The summed E-state index contributed by atoms with van der Waals surface area (Å²) in [7, 11) is 0. The normalized spacial score (nSPS) is 11.8. The van der Waals surface area contributed by atoms with Gasteiger partial charge in [-0.1, -0.05) is 29.1 Å². The molecular formula is C16H9F3N4O3S. The lowest BCUT2D eigenvalue weighted by atomic mass is 10.1. The quantitative estimate of drug-likeness (QED) is 0.450. The maximum Gasteiger partial charge on any atom is 0.416 e. The van der Waals surface area contributed by atoms with E-state index in [1.807, 2.05) is 0 Å². The summed E-state index contributed by atoms with van der Waals surface area (Å²) in [5, 5.41) is 11.7. The molecule has 0 saturated carbocycles. The van der Waals surface area contributed by atoms with E-state index in [0.717, 1.165) is 23.9 Å². The molecule has 11 heteroatoms. The molecule has 138 valence electrons. The molecule has 0 aliphatic rings. The van der Waals surface area contributed by atoms with Gasteiger partial charge in [-0.15, -0.1) is 10.2 Å². The third-order valence-corrected chi connectivity index (χ3v) is 4.18. The van der Waals surface area contributed by atoms with Crippen LogP contribution in [0.1, 0.15) is 11.5 Å². The van der Waals surface area contributed by atoms with Crippen molar-refractivity contribution < 1.29 is 26.5 Å². The average Bonchev–Trinajstić information content (AvgIpc) is 3.39. The highest BCUT2D eigenvalue weighted by atomic mass is 32.2. The second kappa shape index (κ2) is 6.91. The van der Waals surface area contributed by atoms with Crippen LogP contribution in [0.3, 0.4) is 0 Å². The summed E-state index contributed by atoms with van der Waals surface area (Å²) < 4.78 is 54.1. The van der Waals surface area contributed by atoms with Crippen LogP contribution < -0.4 is 0 Å². The highest BCUT2D eigenvalue weighted by molar-refractivity contribution is 7.98. The first-order valence-corrected chi connectivity index (χ1v) is 8.48. The van der Waals surface area contributed by atoms with Crippen LogP contribution in [0.15, 0.2) is 61.2 Å². The number of hydrogen-bond acceptors (Lipinski definition) is 8. The van der Waals surface area contributed by atoms with Crippen molar-refractivity contribution in [1.82, 2.24) is 20.3 Å². The molecule has 0 unspecified atom stereocenters. The first-order chi connectivity index (χ1) is 13.0. The molecule has 4 rings (SSSR count). The molecule has 3 aromatic heterocycles. The fourth-order valence-electron chi connectivity index (χ4n) is 2.16. The number of hydrogen-bond donors (Lipinski definition) is 0. The number of alkyl halides is 3. The fraction of sp³-hybridized carbons (Fsp3) is 0.125. The number of furan rings is 1. The Hall–Kier alpha value is -3.08. The van der Waals surface area contributed by atoms with Crippen LogP contribution in [0.5, 0.6) is 0 Å². The zero-order chi connectivity index (χ0) is 18.9. The van der Waals surface area contributed by atoms with Gasteiger partial charge in [-0.05, 0) is 24.3 Å². The predicted octanol–water partition coefficient (Wildman–Crippen LogP) is 4.69. The molecule has 0 saturated heterocycles. The molecule has 0 N–H and O–H groups in total. The second-order valence-electron chi connectivity index (χ2n) is 5.23. The predicted molar refractivity (Wildman–Crippen MR) is 86.3 cm³/mol. The van der Waals surface area contributed by atoms with Crippen LogP contribution in [0, 0.1) is 0 Å². The maximum atomic E-state index is 12.8. The SMILES string of the molecule is FC(F)(F)c1cccc(-c2noc(CSc3nnc(-c4ccco4)o3)n2)c1. The van der Waals surface area contributed by atoms with Gasteiger partial charge in [0, 0.05) is 5.56 Å². The van der Waals surface area contributed by atoms with E-state index < -0.39 is 11.7 Å². The van der Waals surface area contributed by atoms with Crippen molar-refractivity contribution in [3.63, 3.8) is 0 Å². The van der Waals surface area contributed by atoms with Gasteiger partial charge < -0.3 is 13.4 Å². The molecule has 0 fully saturated rings. The molecule has 7 nitrogen and oxygen atoms in total. The molecule has 0 radical (unpaired) electrons. The Bertz CT molecular complexity index is 1040. The van der Waals surface area contributed by atoms with Crippen LogP contribution in [-0.2, 0) is 11.9 Å². The lowest BCUT2D eigenvalue weighted by Crippen LogP contribution is -2.04. The highest BCUT2D eigenvalue weighted by Crippen LogP contribution is 2.32. The van der Waals surface area contributed by atoms with Crippen LogP contribution in [0.4, 0.5) is 13.2 Å². The molecule has 0 aliphatic carbocycles. The fourth-order valence-corrected chi connectivity index (χ4v) is 2.76. The monoisotopic (exact) mass is 394 g/mol. The van der Waals surface area contributed by atoms with Gasteiger partial charge in [-0.25, -0.2) is 0 Å². The largest absolute Gasteiger partial charge is 0.459 e. The first-order valence-electron chi connectivity index (χ1n) is 7.49. The smallest absolute Gasteiger partial charge is 0.416 e. The van der Waals surface area contributed by atoms with Gasteiger partial charge in [0.1, 0.15) is 0 Å². The van der Waals surface area contributed by atoms with E-state index in [0.29, 0.717) is 5.76 Å². The van der Waals surface area contributed by atoms with Crippen molar-refractivity contribution in [2.24, 2.45) is 0 Å². The number of rotatable bonds is 5.